The summed E-state index contributed by atoms with van der Waals surface area (Å²) in [5.41, 5.74) is 2.49. The highest BCUT2D eigenvalue weighted by Gasteiger charge is 2.20. The van der Waals surface area contributed by atoms with Gasteiger partial charge in [0.1, 0.15) is 23.1 Å². The molecule has 1 aromatic heterocycles. The largest absolute Gasteiger partial charge is 0.486 e. The van der Waals surface area contributed by atoms with Gasteiger partial charge >= 0.3 is 5.97 Å². The third-order valence-corrected chi connectivity index (χ3v) is 10.4. The van der Waals surface area contributed by atoms with E-state index in [2.05, 4.69) is 10.7 Å². The van der Waals surface area contributed by atoms with Crippen molar-refractivity contribution in [1.29, 1.82) is 0 Å². The molecule has 1 heterocycles. The second-order valence-corrected chi connectivity index (χ2v) is 14.3. The molecule has 2 N–H and O–H groups in total. The number of rotatable bonds is 14. The zero-order chi connectivity index (χ0) is 31.8. The second kappa shape index (κ2) is 14.9. The molecule has 9 nitrogen and oxygen atoms in total. The quantitative estimate of drug-likeness (QED) is 0.145. The Balaban J connectivity index is 1.23. The number of carbonyl (C=O) groups excluding carboxylic acids is 1. The molecule has 0 bridgehead atoms. The van der Waals surface area contributed by atoms with Gasteiger partial charge in [-0.1, -0.05) is 36.6 Å². The Hall–Kier alpha value is -3.93. The Kier molecular flexibility index (Phi) is 10.7. The van der Waals surface area contributed by atoms with Gasteiger partial charge in [0.15, 0.2) is 16.4 Å². The van der Waals surface area contributed by atoms with Crippen LogP contribution >= 0.6 is 22.9 Å². The van der Waals surface area contributed by atoms with Crippen molar-refractivity contribution in [1.82, 2.24) is 4.98 Å². The first-order chi connectivity index (χ1) is 21.7. The summed E-state index contributed by atoms with van der Waals surface area (Å²) in [4.78, 5) is 29.4. The van der Waals surface area contributed by atoms with Crippen LogP contribution in [0.2, 0.25) is 5.02 Å². The molecule has 12 heteroatoms. The van der Waals surface area contributed by atoms with Crippen LogP contribution in [0, 0.1) is 0 Å². The fourth-order valence-electron chi connectivity index (χ4n) is 5.19. The number of nitrogens with zero attached hydrogens (tertiary/aromatic N) is 1. The van der Waals surface area contributed by atoms with Crippen LogP contribution in [0.4, 0.5) is 5.69 Å². The summed E-state index contributed by atoms with van der Waals surface area (Å²) in [6.07, 6.45) is 5.58. The first-order valence-corrected chi connectivity index (χ1v) is 17.5. The van der Waals surface area contributed by atoms with Crippen LogP contribution in [-0.2, 0) is 27.7 Å². The molecule has 4 aromatic rings. The zero-order valence-corrected chi connectivity index (χ0v) is 26.8. The Labute approximate surface area is 271 Å². The van der Waals surface area contributed by atoms with Crippen molar-refractivity contribution in [2.45, 2.75) is 55.9 Å². The van der Waals surface area contributed by atoms with E-state index in [-0.39, 0.29) is 22.1 Å². The average molecular weight is 669 g/mol. The first kappa shape index (κ1) is 32.5. The van der Waals surface area contributed by atoms with E-state index in [0.717, 1.165) is 16.3 Å². The number of sulfone groups is 1. The van der Waals surface area contributed by atoms with Gasteiger partial charge in [0.25, 0.3) is 5.91 Å². The molecule has 236 valence electrons. The monoisotopic (exact) mass is 668 g/mol. The fraction of sp³-hybridized carbons (Fsp3) is 0.303. The van der Waals surface area contributed by atoms with Gasteiger partial charge in [-0.3, -0.25) is 4.79 Å². The van der Waals surface area contributed by atoms with Gasteiger partial charge in [0, 0.05) is 21.9 Å². The molecule has 1 amide bonds. The minimum Gasteiger partial charge on any atom is -0.486 e. The summed E-state index contributed by atoms with van der Waals surface area (Å²) >= 11 is 7.45. The van der Waals surface area contributed by atoms with E-state index in [9.17, 15) is 18.0 Å². The SMILES string of the molecule is O=C(O)COc1ccc(CCCS(=O)(=O)c2ccc(Cl)cc2)cc1NC(=O)c1cccc(OCc2nc(C3CCCC3)cs2)c1. The van der Waals surface area contributed by atoms with Gasteiger partial charge in [0.05, 0.1) is 22.0 Å². The molecule has 0 spiro atoms. The lowest BCUT2D eigenvalue weighted by Crippen LogP contribution is -2.15. The molecule has 0 atom stereocenters. The molecule has 1 fully saturated rings. The number of carboxylic acid groups (broad SMARTS) is 1. The van der Waals surface area contributed by atoms with E-state index >= 15 is 0 Å². The summed E-state index contributed by atoms with van der Waals surface area (Å²) in [7, 11) is -3.50. The highest BCUT2D eigenvalue weighted by Crippen LogP contribution is 2.34. The maximum Gasteiger partial charge on any atom is 0.341 e. The predicted octanol–water partition coefficient (Wildman–Crippen LogP) is 7.16. The van der Waals surface area contributed by atoms with Gasteiger partial charge in [0.2, 0.25) is 0 Å². The Morgan fingerprint density at radius 3 is 2.56 bits per heavy atom. The molecule has 1 saturated carbocycles. The van der Waals surface area contributed by atoms with Gasteiger partial charge in [-0.2, -0.15) is 0 Å². The Morgan fingerprint density at radius 2 is 1.80 bits per heavy atom. The standard InChI is InChI=1S/C33H33ClN2O7S2/c34-25-11-13-27(14-12-25)45(40,41)16-4-5-22-10-15-30(43-20-32(37)38)28(17-22)36-33(39)24-8-3-9-26(18-24)42-19-31-35-29(21-44-31)23-6-1-2-7-23/h3,8-15,17-18,21,23H,1-2,4-7,16,19-20H2,(H,36,39)(H,37,38). The van der Waals surface area contributed by atoms with Crippen LogP contribution in [0.1, 0.15) is 64.6 Å². The minimum absolute atomic E-state index is 0.0801. The topological polar surface area (TPSA) is 132 Å². The van der Waals surface area contributed by atoms with E-state index in [1.54, 1.807) is 53.8 Å². The molecular formula is C33H33ClN2O7S2. The highest BCUT2D eigenvalue weighted by atomic mass is 35.5. The number of halogens is 1. The Morgan fingerprint density at radius 1 is 1.02 bits per heavy atom. The average Bonchev–Trinajstić information content (AvgIpc) is 3.73. The van der Waals surface area contributed by atoms with Gasteiger partial charge in [-0.25, -0.2) is 18.2 Å². The number of carbonyl (C=O) groups is 2. The fourth-order valence-corrected chi connectivity index (χ4v) is 7.41. The molecular weight excluding hydrogens is 636 g/mol. The molecule has 1 aliphatic carbocycles. The lowest BCUT2D eigenvalue weighted by Gasteiger charge is -2.14. The van der Waals surface area contributed by atoms with Gasteiger partial charge < -0.3 is 19.9 Å². The zero-order valence-electron chi connectivity index (χ0n) is 24.4. The molecule has 0 aliphatic heterocycles. The second-order valence-electron chi connectivity index (χ2n) is 10.8. The third kappa shape index (κ3) is 9.06. The highest BCUT2D eigenvalue weighted by molar-refractivity contribution is 7.91. The molecule has 0 radical (unpaired) electrons. The maximum atomic E-state index is 13.3. The van der Waals surface area contributed by atoms with E-state index in [1.807, 2.05) is 0 Å². The summed E-state index contributed by atoms with van der Waals surface area (Å²) in [6, 6.07) is 17.7. The number of anilines is 1. The molecule has 3 aromatic carbocycles. The maximum absolute atomic E-state index is 13.3. The molecule has 0 unspecified atom stereocenters. The molecule has 45 heavy (non-hydrogen) atoms. The molecule has 1 aliphatic rings. The van der Waals surface area contributed by atoms with E-state index < -0.39 is 28.3 Å². The summed E-state index contributed by atoms with van der Waals surface area (Å²) in [5.74, 6) is -0.461. The van der Waals surface area contributed by atoms with E-state index in [4.69, 9.17) is 31.2 Å². The van der Waals surface area contributed by atoms with Crippen LogP contribution in [0.3, 0.4) is 0 Å². The number of benzene rings is 3. The van der Waals surface area contributed by atoms with Gasteiger partial charge in [-0.05, 0) is 85.8 Å². The number of nitrogens with one attached hydrogen (secondary N) is 1. The molecule has 0 saturated heterocycles. The number of aromatic nitrogens is 1. The van der Waals surface area contributed by atoms with Crippen LogP contribution < -0.4 is 14.8 Å². The Bertz CT molecular complexity index is 1750. The van der Waals surface area contributed by atoms with Gasteiger partial charge in [-0.15, -0.1) is 11.3 Å². The minimum atomic E-state index is -3.50. The number of ether oxygens (including phenoxy) is 2. The number of aryl methyl sites for hydroxylation is 1. The van der Waals surface area contributed by atoms with Crippen LogP contribution in [0.15, 0.2) is 77.0 Å². The summed E-state index contributed by atoms with van der Waals surface area (Å²) in [6.45, 7) is -0.296. The van der Waals surface area contributed by atoms with Crippen molar-refractivity contribution < 1.29 is 32.6 Å². The number of hydrogen-bond donors (Lipinski definition) is 2. The first-order valence-electron chi connectivity index (χ1n) is 14.6. The van der Waals surface area contributed by atoms with Crippen LogP contribution in [-0.4, -0.2) is 42.7 Å². The smallest absolute Gasteiger partial charge is 0.341 e. The number of aliphatic carboxylic acids is 1. The third-order valence-electron chi connectivity index (χ3n) is 7.50. The lowest BCUT2D eigenvalue weighted by atomic mass is 10.1. The normalized spacial score (nSPS) is 13.4. The van der Waals surface area contributed by atoms with Crippen molar-refractivity contribution in [3.63, 3.8) is 0 Å². The van der Waals surface area contributed by atoms with Crippen LogP contribution in [0.5, 0.6) is 11.5 Å². The number of thiazole rings is 1. The van der Waals surface area contributed by atoms with Crippen molar-refractivity contribution in [2.24, 2.45) is 0 Å². The van der Waals surface area contributed by atoms with Crippen molar-refractivity contribution in [3.8, 4) is 11.5 Å². The number of carboxylic acids is 1. The molecule has 5 rings (SSSR count). The van der Waals surface area contributed by atoms with Crippen LogP contribution in [0.25, 0.3) is 0 Å². The number of amides is 1. The van der Waals surface area contributed by atoms with Crippen molar-refractivity contribution in [3.05, 3.63) is 99.0 Å². The van der Waals surface area contributed by atoms with E-state index in [1.165, 1.54) is 49.9 Å². The summed E-state index contributed by atoms with van der Waals surface area (Å²) in [5, 5.41) is 15.4. The number of hydrogen-bond acceptors (Lipinski definition) is 8. The predicted molar refractivity (Wildman–Crippen MR) is 173 cm³/mol. The van der Waals surface area contributed by atoms with Crippen molar-refractivity contribution >= 4 is 50.3 Å². The lowest BCUT2D eigenvalue weighted by molar-refractivity contribution is -0.139. The van der Waals surface area contributed by atoms with Crippen molar-refractivity contribution in [2.75, 3.05) is 17.7 Å². The van der Waals surface area contributed by atoms with E-state index in [0.29, 0.717) is 41.7 Å². The summed E-state index contributed by atoms with van der Waals surface area (Å²) < 4.78 is 36.8.